The van der Waals surface area contributed by atoms with Gasteiger partial charge in [0.15, 0.2) is 6.29 Å². The van der Waals surface area contributed by atoms with E-state index in [9.17, 15) is 0 Å². The van der Waals surface area contributed by atoms with E-state index in [4.69, 9.17) is 25.8 Å². The minimum absolute atomic E-state index is 0.192. The van der Waals surface area contributed by atoms with E-state index in [2.05, 4.69) is 5.32 Å². The summed E-state index contributed by atoms with van der Waals surface area (Å²) in [5.74, 6) is -0.833. The van der Waals surface area contributed by atoms with Gasteiger partial charge in [0.1, 0.15) is 0 Å². The van der Waals surface area contributed by atoms with Crippen molar-refractivity contribution >= 4 is 5.97 Å². The lowest BCUT2D eigenvalue weighted by molar-refractivity contribution is -0.134. The minimum atomic E-state index is -1.26. The molecular formula is C6H16N2O4. The predicted molar refractivity (Wildman–Crippen MR) is 43.5 cm³/mol. The van der Waals surface area contributed by atoms with Crippen molar-refractivity contribution in [2.24, 2.45) is 5.73 Å². The van der Waals surface area contributed by atoms with Gasteiger partial charge in [0.05, 0.1) is 0 Å². The van der Waals surface area contributed by atoms with Crippen molar-refractivity contribution in [3.8, 4) is 0 Å². The van der Waals surface area contributed by atoms with Crippen LogP contribution in [0.1, 0.15) is 6.92 Å². The average molecular weight is 180 g/mol. The molecule has 0 spiro atoms. The van der Waals surface area contributed by atoms with E-state index in [1.165, 1.54) is 0 Å². The number of nitrogens with one attached hydrogen (secondary N) is 1. The second-order valence-corrected chi connectivity index (χ2v) is 1.99. The Labute approximate surface area is 71.0 Å². The highest BCUT2D eigenvalue weighted by Gasteiger charge is 1.91. The van der Waals surface area contributed by atoms with Gasteiger partial charge in [-0.25, -0.2) is 0 Å². The molecule has 0 aromatic heterocycles. The molecule has 0 aromatic rings. The second kappa shape index (κ2) is 10.3. The number of aliphatic hydroxyl groups excluding tert-OH is 1. The van der Waals surface area contributed by atoms with Gasteiger partial charge in [-0.05, 0) is 0 Å². The van der Waals surface area contributed by atoms with Crippen LogP contribution >= 0.6 is 0 Å². The zero-order valence-electron chi connectivity index (χ0n) is 7.03. The normalized spacial score (nSPS) is 9.08. The Morgan fingerprint density at radius 2 is 2.00 bits per heavy atom. The van der Waals surface area contributed by atoms with Crippen LogP contribution in [0.5, 0.6) is 0 Å². The lowest BCUT2D eigenvalue weighted by atomic mass is 10.5. The molecule has 6 N–H and O–H groups in total. The van der Waals surface area contributed by atoms with Gasteiger partial charge in [-0.15, -0.1) is 0 Å². The molecule has 0 radical (unpaired) electrons. The number of nitrogens with two attached hydrogens (primary N) is 1. The Morgan fingerprint density at radius 3 is 2.25 bits per heavy atom. The fourth-order valence-electron chi connectivity index (χ4n) is 0.333. The summed E-state index contributed by atoms with van der Waals surface area (Å²) in [7, 11) is 0. The Bertz CT molecular complexity index is 104. The van der Waals surface area contributed by atoms with Crippen molar-refractivity contribution in [3.63, 3.8) is 0 Å². The van der Waals surface area contributed by atoms with Gasteiger partial charge in [0.25, 0.3) is 5.97 Å². The van der Waals surface area contributed by atoms with Crippen LogP contribution in [-0.2, 0) is 4.79 Å². The summed E-state index contributed by atoms with van der Waals surface area (Å²) in [6.07, 6.45) is -1.26. The highest BCUT2D eigenvalue weighted by molar-refractivity contribution is 5.62. The number of hydrogen-bond donors (Lipinski definition) is 5. The average Bonchev–Trinajstić information content (AvgIpc) is 1.86. The summed E-state index contributed by atoms with van der Waals surface area (Å²) < 4.78 is 0. The van der Waals surface area contributed by atoms with Crippen molar-refractivity contribution in [2.75, 3.05) is 19.6 Å². The molecule has 74 valence electrons. The zero-order chi connectivity index (χ0) is 9.98. The van der Waals surface area contributed by atoms with Crippen molar-refractivity contribution in [1.82, 2.24) is 5.32 Å². The molecule has 0 amide bonds. The Morgan fingerprint density at radius 1 is 1.58 bits per heavy atom. The van der Waals surface area contributed by atoms with E-state index in [0.717, 1.165) is 6.92 Å². The molecule has 0 heterocycles. The number of aliphatic carboxylic acids is 1. The van der Waals surface area contributed by atoms with Crippen molar-refractivity contribution < 1.29 is 20.1 Å². The van der Waals surface area contributed by atoms with Gasteiger partial charge < -0.3 is 26.4 Å². The van der Waals surface area contributed by atoms with Crippen LogP contribution in [0.15, 0.2) is 0 Å². The molecule has 6 heteroatoms. The third kappa shape index (κ3) is 34.6. The largest absolute Gasteiger partial charge is 0.481 e. The minimum Gasteiger partial charge on any atom is -0.481 e. The van der Waals surface area contributed by atoms with Crippen LogP contribution < -0.4 is 11.1 Å². The molecule has 0 bridgehead atoms. The molecule has 0 unspecified atom stereocenters. The quantitative estimate of drug-likeness (QED) is 0.251. The first-order valence-corrected chi connectivity index (χ1v) is 3.47. The van der Waals surface area contributed by atoms with Gasteiger partial charge in [-0.3, -0.25) is 4.79 Å². The number of carbonyl (C=O) groups is 1. The van der Waals surface area contributed by atoms with Crippen LogP contribution in [0.2, 0.25) is 0 Å². The summed E-state index contributed by atoms with van der Waals surface area (Å²) in [6.45, 7) is 2.42. The van der Waals surface area contributed by atoms with Crippen LogP contribution in [0.4, 0.5) is 0 Å². The molecule has 0 fully saturated rings. The van der Waals surface area contributed by atoms with E-state index < -0.39 is 12.3 Å². The maximum atomic E-state index is 9.00. The second-order valence-electron chi connectivity index (χ2n) is 1.99. The molecule has 12 heavy (non-hydrogen) atoms. The molecule has 0 aromatic carbocycles. The molecule has 0 atom stereocenters. The third-order valence-corrected chi connectivity index (χ3v) is 0.648. The first-order valence-electron chi connectivity index (χ1n) is 3.47. The number of rotatable bonds is 4. The first kappa shape index (κ1) is 13.9. The smallest absolute Gasteiger partial charge is 0.300 e. The molecule has 0 aliphatic heterocycles. The first-order chi connectivity index (χ1) is 5.50. The standard InChI is InChI=1S/C4H12N2O2.C2H4O2/c5-1-2-6-3-4(7)8;1-2(3)4/h4,6-8H,1-3,5H2;1H3,(H,3,4). The van der Waals surface area contributed by atoms with Crippen LogP contribution in [0.3, 0.4) is 0 Å². The van der Waals surface area contributed by atoms with Gasteiger partial charge in [-0.2, -0.15) is 0 Å². The maximum absolute atomic E-state index is 9.00. The summed E-state index contributed by atoms with van der Waals surface area (Å²) in [6, 6.07) is 0. The molecule has 6 nitrogen and oxygen atoms in total. The van der Waals surface area contributed by atoms with Crippen molar-refractivity contribution in [3.05, 3.63) is 0 Å². The third-order valence-electron chi connectivity index (χ3n) is 0.648. The number of aliphatic hydroxyl groups is 2. The highest BCUT2D eigenvalue weighted by Crippen LogP contribution is 1.66. The lowest BCUT2D eigenvalue weighted by Gasteiger charge is -2.02. The topological polar surface area (TPSA) is 116 Å². The zero-order valence-corrected chi connectivity index (χ0v) is 7.03. The molecule has 0 aliphatic rings. The predicted octanol–water partition coefficient (Wildman–Crippen LogP) is -2.06. The van der Waals surface area contributed by atoms with E-state index in [1.54, 1.807) is 0 Å². The summed E-state index contributed by atoms with van der Waals surface area (Å²) in [5, 5.41) is 26.6. The van der Waals surface area contributed by atoms with E-state index in [0.29, 0.717) is 13.1 Å². The van der Waals surface area contributed by atoms with Gasteiger partial charge >= 0.3 is 0 Å². The summed E-state index contributed by atoms with van der Waals surface area (Å²) in [4.78, 5) is 9.00. The molecule has 0 saturated heterocycles. The molecule has 0 rings (SSSR count). The van der Waals surface area contributed by atoms with E-state index in [1.807, 2.05) is 0 Å². The highest BCUT2D eigenvalue weighted by atomic mass is 16.5. The Balaban J connectivity index is 0. The Kier molecular flexibility index (Phi) is 11.9. The van der Waals surface area contributed by atoms with Crippen LogP contribution in [0.25, 0.3) is 0 Å². The van der Waals surface area contributed by atoms with Gasteiger partial charge in [0.2, 0.25) is 0 Å². The summed E-state index contributed by atoms with van der Waals surface area (Å²) in [5.41, 5.74) is 5.09. The molecule has 0 saturated carbocycles. The van der Waals surface area contributed by atoms with E-state index >= 15 is 0 Å². The molecule has 0 aliphatic carbocycles. The lowest BCUT2D eigenvalue weighted by Crippen LogP contribution is -2.30. The SMILES string of the molecule is CC(=O)O.NCCNCC(O)O. The number of carboxylic acid groups (broad SMARTS) is 1. The fourth-order valence-corrected chi connectivity index (χ4v) is 0.333. The van der Waals surface area contributed by atoms with E-state index in [-0.39, 0.29) is 6.54 Å². The van der Waals surface area contributed by atoms with Gasteiger partial charge in [0, 0.05) is 26.6 Å². The summed E-state index contributed by atoms with van der Waals surface area (Å²) >= 11 is 0. The maximum Gasteiger partial charge on any atom is 0.300 e. The van der Waals surface area contributed by atoms with Crippen LogP contribution in [0, 0.1) is 0 Å². The monoisotopic (exact) mass is 180 g/mol. The van der Waals surface area contributed by atoms with Crippen molar-refractivity contribution in [1.29, 1.82) is 0 Å². The number of hydrogen-bond acceptors (Lipinski definition) is 5. The van der Waals surface area contributed by atoms with Crippen LogP contribution in [-0.4, -0.2) is 47.2 Å². The fraction of sp³-hybridized carbons (Fsp3) is 0.833. The number of carboxylic acids is 1. The molecular weight excluding hydrogens is 164 g/mol. The van der Waals surface area contributed by atoms with Gasteiger partial charge in [-0.1, -0.05) is 0 Å². The van der Waals surface area contributed by atoms with Crippen molar-refractivity contribution in [2.45, 2.75) is 13.2 Å². The Hall–Kier alpha value is -0.690.